The number of carbonyl (C=O) groups excluding carboxylic acids is 3. The van der Waals surface area contributed by atoms with E-state index in [2.05, 4.69) is 19.2 Å². The number of ketones is 3. The monoisotopic (exact) mass is 543 g/mol. The minimum Gasteiger partial charge on any atom is -0.507 e. The molecule has 0 bridgehead atoms. The Bertz CT molecular complexity index is 1690. The van der Waals surface area contributed by atoms with Crippen molar-refractivity contribution in [3.8, 4) is 17.2 Å². The van der Waals surface area contributed by atoms with Gasteiger partial charge in [-0.2, -0.15) is 0 Å². The number of carbonyl (C=O) groups is 3. The first-order valence-corrected chi connectivity index (χ1v) is 13.3. The van der Waals surface area contributed by atoms with Gasteiger partial charge in [-0.1, -0.05) is 26.0 Å². The van der Waals surface area contributed by atoms with Gasteiger partial charge in [-0.05, 0) is 52.2 Å². The van der Waals surface area contributed by atoms with E-state index in [1.807, 2.05) is 35.9 Å². The van der Waals surface area contributed by atoms with Gasteiger partial charge in [0.05, 0.1) is 28.2 Å². The molecular weight excluding hydrogens is 510 g/mol. The third-order valence-electron chi connectivity index (χ3n) is 7.99. The Balaban J connectivity index is 1.63. The highest BCUT2D eigenvalue weighted by Crippen LogP contribution is 2.57. The SMILES string of the molecule is CC(=O)c1c(O)c(C)c(O)c2c1OC1=CC(=O)C(=C(C)NC(CC(C)C)c3nc4ccccc4n3C)C(=O)C12C. The van der Waals surface area contributed by atoms with Crippen LogP contribution in [0.25, 0.3) is 11.0 Å². The third kappa shape index (κ3) is 3.83. The fraction of sp³-hybridized carbons (Fsp3) is 0.355. The lowest BCUT2D eigenvalue weighted by molar-refractivity contribution is -0.123. The molecule has 0 saturated carbocycles. The van der Waals surface area contributed by atoms with Crippen molar-refractivity contribution in [2.45, 2.75) is 59.4 Å². The summed E-state index contributed by atoms with van der Waals surface area (Å²) >= 11 is 0. The summed E-state index contributed by atoms with van der Waals surface area (Å²) in [6, 6.07) is 7.51. The highest BCUT2D eigenvalue weighted by Gasteiger charge is 2.56. The maximum absolute atomic E-state index is 14.2. The van der Waals surface area contributed by atoms with Gasteiger partial charge in [-0.25, -0.2) is 4.98 Å². The van der Waals surface area contributed by atoms with E-state index in [0.717, 1.165) is 16.9 Å². The van der Waals surface area contributed by atoms with E-state index in [0.29, 0.717) is 12.1 Å². The van der Waals surface area contributed by atoms with Gasteiger partial charge in [0, 0.05) is 24.4 Å². The summed E-state index contributed by atoms with van der Waals surface area (Å²) in [5.41, 5.74) is 0.541. The van der Waals surface area contributed by atoms with Gasteiger partial charge < -0.3 is 24.8 Å². The molecule has 1 aliphatic heterocycles. The number of aryl methyl sites for hydroxylation is 1. The molecule has 2 aromatic carbocycles. The number of rotatable bonds is 6. The third-order valence-corrected chi connectivity index (χ3v) is 7.99. The van der Waals surface area contributed by atoms with Crippen LogP contribution in [0.4, 0.5) is 0 Å². The van der Waals surface area contributed by atoms with Crippen LogP contribution in [0.5, 0.6) is 17.2 Å². The number of aromatic hydroxyl groups is 2. The number of Topliss-reactive ketones (excluding diaryl/α,β-unsaturated/α-hetero) is 2. The van der Waals surface area contributed by atoms with Crippen LogP contribution < -0.4 is 10.1 Å². The molecule has 3 N–H and O–H groups in total. The van der Waals surface area contributed by atoms with Gasteiger partial charge >= 0.3 is 0 Å². The number of ether oxygens (including phenoxy) is 1. The first-order chi connectivity index (χ1) is 18.8. The second kappa shape index (κ2) is 9.36. The number of fused-ring (bicyclic) bond motifs is 4. The number of phenols is 2. The predicted octanol–water partition coefficient (Wildman–Crippen LogP) is 4.83. The minimum atomic E-state index is -1.57. The summed E-state index contributed by atoms with van der Waals surface area (Å²) < 4.78 is 7.88. The van der Waals surface area contributed by atoms with Gasteiger partial charge in [-0.3, -0.25) is 14.4 Å². The molecule has 0 amide bonds. The minimum absolute atomic E-state index is 0.00549. The van der Waals surface area contributed by atoms with Gasteiger partial charge in [0.15, 0.2) is 17.3 Å². The summed E-state index contributed by atoms with van der Waals surface area (Å²) in [6.45, 7) is 10.1. The summed E-state index contributed by atoms with van der Waals surface area (Å²) in [6.07, 6.45) is 1.92. The lowest BCUT2D eigenvalue weighted by Crippen LogP contribution is -2.41. The maximum atomic E-state index is 14.2. The number of hydrogen-bond acceptors (Lipinski definition) is 8. The van der Waals surface area contributed by atoms with Crippen LogP contribution in [0.3, 0.4) is 0 Å². The number of nitrogens with zero attached hydrogens (tertiary/aromatic N) is 2. The van der Waals surface area contributed by atoms with E-state index in [-0.39, 0.29) is 51.5 Å². The van der Waals surface area contributed by atoms with Gasteiger partial charge in [-0.15, -0.1) is 0 Å². The van der Waals surface area contributed by atoms with Crippen molar-refractivity contribution in [1.82, 2.24) is 14.9 Å². The van der Waals surface area contributed by atoms with Crippen LogP contribution >= 0.6 is 0 Å². The van der Waals surface area contributed by atoms with Crippen LogP contribution in [0, 0.1) is 12.8 Å². The van der Waals surface area contributed by atoms with Crippen molar-refractivity contribution in [2.75, 3.05) is 0 Å². The molecule has 2 atom stereocenters. The zero-order chi connectivity index (χ0) is 29.3. The van der Waals surface area contributed by atoms with E-state index in [4.69, 9.17) is 9.72 Å². The standard InChI is InChI=1S/C31H33N3O6/c1-14(2)12-19(30-33-18-10-8-9-11-20(18)34(30)7)32-16(4)23-21(36)13-22-31(6,29(23)39)25-27(38)15(3)26(37)24(17(5)35)28(25)40-22/h8-11,13-14,19,32,37-38H,12H2,1-7H3. The maximum Gasteiger partial charge on any atom is 0.194 e. The largest absolute Gasteiger partial charge is 0.507 e. The number of imidazole rings is 1. The zero-order valence-corrected chi connectivity index (χ0v) is 23.7. The summed E-state index contributed by atoms with van der Waals surface area (Å²) in [4.78, 5) is 44.9. The topological polar surface area (TPSA) is 131 Å². The van der Waals surface area contributed by atoms with Crippen LogP contribution in [0.15, 0.2) is 47.4 Å². The van der Waals surface area contributed by atoms with E-state index in [1.165, 1.54) is 19.9 Å². The number of para-hydroxylation sites is 2. The molecule has 9 nitrogen and oxygen atoms in total. The molecule has 208 valence electrons. The van der Waals surface area contributed by atoms with Crippen molar-refractivity contribution in [1.29, 1.82) is 0 Å². The van der Waals surface area contributed by atoms with Crippen molar-refractivity contribution < 1.29 is 29.3 Å². The summed E-state index contributed by atoms with van der Waals surface area (Å²) in [5, 5.41) is 25.0. The molecule has 40 heavy (non-hydrogen) atoms. The zero-order valence-electron chi connectivity index (χ0n) is 23.7. The number of nitrogens with one attached hydrogen (secondary N) is 1. The molecule has 2 heterocycles. The summed E-state index contributed by atoms with van der Waals surface area (Å²) in [7, 11) is 1.94. The van der Waals surface area contributed by atoms with Crippen LogP contribution in [0.1, 0.15) is 74.4 Å². The molecular formula is C31H33N3O6. The van der Waals surface area contributed by atoms with Crippen LogP contribution in [-0.4, -0.2) is 37.1 Å². The van der Waals surface area contributed by atoms with E-state index in [9.17, 15) is 24.6 Å². The van der Waals surface area contributed by atoms with Gasteiger partial charge in [0.2, 0.25) is 0 Å². The Morgan fingerprint density at radius 2 is 1.82 bits per heavy atom. The Hall–Kier alpha value is -4.40. The lowest BCUT2D eigenvalue weighted by atomic mass is 9.70. The number of aromatic nitrogens is 2. The number of hydrogen-bond donors (Lipinski definition) is 3. The first-order valence-electron chi connectivity index (χ1n) is 13.3. The molecule has 5 rings (SSSR count). The van der Waals surface area contributed by atoms with Crippen molar-refractivity contribution >= 4 is 28.4 Å². The molecule has 0 spiro atoms. The number of phenolic OH excluding ortho intramolecular Hbond substituents is 2. The summed E-state index contributed by atoms with van der Waals surface area (Å²) in [5.74, 6) is -1.42. The Morgan fingerprint density at radius 3 is 2.45 bits per heavy atom. The molecule has 0 radical (unpaired) electrons. The second-order valence-electron chi connectivity index (χ2n) is 11.2. The Labute approximate surface area is 232 Å². The molecule has 1 aliphatic carbocycles. The quantitative estimate of drug-likeness (QED) is 0.229. The average Bonchev–Trinajstić information content (AvgIpc) is 3.37. The first kappa shape index (κ1) is 27.2. The van der Waals surface area contributed by atoms with Crippen molar-refractivity contribution in [2.24, 2.45) is 13.0 Å². The highest BCUT2D eigenvalue weighted by molar-refractivity contribution is 6.31. The Morgan fingerprint density at radius 1 is 1.15 bits per heavy atom. The fourth-order valence-electron chi connectivity index (χ4n) is 5.87. The molecule has 2 unspecified atom stereocenters. The molecule has 0 fully saturated rings. The van der Waals surface area contributed by atoms with Crippen molar-refractivity contribution in [3.05, 3.63) is 69.9 Å². The smallest absolute Gasteiger partial charge is 0.194 e. The van der Waals surface area contributed by atoms with E-state index < -0.39 is 28.5 Å². The molecule has 1 aromatic heterocycles. The van der Waals surface area contributed by atoms with Crippen LogP contribution in [-0.2, 0) is 22.1 Å². The van der Waals surface area contributed by atoms with E-state index >= 15 is 0 Å². The molecule has 3 aromatic rings. The number of allylic oxidation sites excluding steroid dienone is 4. The van der Waals surface area contributed by atoms with E-state index in [1.54, 1.807) is 13.8 Å². The van der Waals surface area contributed by atoms with Crippen molar-refractivity contribution in [3.63, 3.8) is 0 Å². The second-order valence-corrected chi connectivity index (χ2v) is 11.2. The number of benzene rings is 2. The molecule has 0 saturated heterocycles. The fourth-order valence-corrected chi connectivity index (χ4v) is 5.87. The Kier molecular flexibility index (Phi) is 6.36. The predicted molar refractivity (Wildman–Crippen MR) is 149 cm³/mol. The highest BCUT2D eigenvalue weighted by atomic mass is 16.5. The molecule has 2 aliphatic rings. The average molecular weight is 544 g/mol. The van der Waals surface area contributed by atoms with Crippen LogP contribution in [0.2, 0.25) is 0 Å². The molecule has 9 heteroatoms. The lowest BCUT2D eigenvalue weighted by Gasteiger charge is -2.30. The van der Waals surface area contributed by atoms with Gasteiger partial charge in [0.1, 0.15) is 39.8 Å². The van der Waals surface area contributed by atoms with Gasteiger partial charge in [0.25, 0.3) is 0 Å². The normalized spacial score (nSPS) is 20.2.